The Bertz CT molecular complexity index is 504. The first-order valence-corrected chi connectivity index (χ1v) is 5.76. The van der Waals surface area contributed by atoms with E-state index in [2.05, 4.69) is 0 Å². The number of halogens is 2. The molecule has 0 bridgehead atoms. The summed E-state index contributed by atoms with van der Waals surface area (Å²) in [5.41, 5.74) is 2.18. The van der Waals surface area contributed by atoms with E-state index in [9.17, 15) is 8.78 Å². The molecule has 0 nitrogen and oxygen atoms in total. The van der Waals surface area contributed by atoms with Gasteiger partial charge in [-0.25, -0.2) is 8.78 Å². The second kappa shape index (κ2) is 5.09. The first kappa shape index (κ1) is 11.8. The van der Waals surface area contributed by atoms with Gasteiger partial charge in [0.15, 0.2) is 11.6 Å². The van der Waals surface area contributed by atoms with E-state index in [0.29, 0.717) is 12.0 Å². The Kier molecular flexibility index (Phi) is 3.52. The highest BCUT2D eigenvalue weighted by Crippen LogP contribution is 2.28. The third kappa shape index (κ3) is 2.36. The number of rotatable bonds is 3. The zero-order valence-electron chi connectivity index (χ0n) is 9.71. The molecule has 0 heterocycles. The van der Waals surface area contributed by atoms with Gasteiger partial charge in [0.1, 0.15) is 0 Å². The summed E-state index contributed by atoms with van der Waals surface area (Å²) in [6, 6.07) is 12.4. The van der Waals surface area contributed by atoms with Gasteiger partial charge in [0.25, 0.3) is 0 Å². The quantitative estimate of drug-likeness (QED) is 0.726. The molecule has 2 heteroatoms. The number of hydrogen-bond acceptors (Lipinski definition) is 0. The molecule has 0 atom stereocenters. The van der Waals surface area contributed by atoms with E-state index in [4.69, 9.17) is 0 Å². The van der Waals surface area contributed by atoms with Crippen LogP contribution in [-0.2, 0) is 6.42 Å². The highest BCUT2D eigenvalue weighted by Gasteiger charge is 2.13. The van der Waals surface area contributed by atoms with Gasteiger partial charge in [-0.05, 0) is 29.2 Å². The van der Waals surface area contributed by atoms with Gasteiger partial charge >= 0.3 is 0 Å². The van der Waals surface area contributed by atoms with Crippen molar-refractivity contribution < 1.29 is 8.78 Å². The predicted molar refractivity (Wildman–Crippen MR) is 65.8 cm³/mol. The van der Waals surface area contributed by atoms with Crippen LogP contribution in [0.1, 0.15) is 18.9 Å². The number of hydrogen-bond donors (Lipinski definition) is 0. The van der Waals surface area contributed by atoms with Gasteiger partial charge in [0.2, 0.25) is 0 Å². The fourth-order valence-electron chi connectivity index (χ4n) is 1.98. The lowest BCUT2D eigenvalue weighted by molar-refractivity contribution is 0.498. The average Bonchev–Trinajstić information content (AvgIpc) is 2.36. The van der Waals surface area contributed by atoms with Gasteiger partial charge in [-0.3, -0.25) is 0 Å². The molecule has 0 aromatic heterocycles. The van der Waals surface area contributed by atoms with E-state index in [-0.39, 0.29) is 0 Å². The molecule has 0 saturated heterocycles. The van der Waals surface area contributed by atoms with Gasteiger partial charge in [-0.2, -0.15) is 0 Å². The molecule has 2 rings (SSSR count). The fourth-order valence-corrected chi connectivity index (χ4v) is 1.98. The Morgan fingerprint density at radius 3 is 2.29 bits per heavy atom. The lowest BCUT2D eigenvalue weighted by Crippen LogP contribution is -1.97. The molecule has 17 heavy (non-hydrogen) atoms. The topological polar surface area (TPSA) is 0 Å². The Morgan fingerprint density at radius 2 is 1.65 bits per heavy atom. The van der Waals surface area contributed by atoms with E-state index >= 15 is 0 Å². The Labute approximate surface area is 99.9 Å². The van der Waals surface area contributed by atoms with Crippen LogP contribution in [0.4, 0.5) is 8.78 Å². The summed E-state index contributed by atoms with van der Waals surface area (Å²) in [6.07, 6.45) is 1.34. The standard InChI is InChI=1S/C15H14F2/c1-2-6-13-12(9-10-14(16)15(13)17)11-7-4-3-5-8-11/h3-5,7-10H,2,6H2,1H3. The molecule has 0 aliphatic heterocycles. The molecule has 0 saturated carbocycles. The minimum atomic E-state index is -0.770. The Hall–Kier alpha value is -1.70. The summed E-state index contributed by atoms with van der Waals surface area (Å²) in [6.45, 7) is 1.96. The molecule has 2 aromatic carbocycles. The third-order valence-corrected chi connectivity index (χ3v) is 2.78. The first-order valence-electron chi connectivity index (χ1n) is 5.76. The van der Waals surface area contributed by atoms with E-state index < -0.39 is 11.6 Å². The van der Waals surface area contributed by atoms with Gasteiger partial charge in [-0.1, -0.05) is 49.7 Å². The van der Waals surface area contributed by atoms with E-state index in [1.165, 1.54) is 6.07 Å². The van der Waals surface area contributed by atoms with Crippen molar-refractivity contribution in [1.82, 2.24) is 0 Å². The van der Waals surface area contributed by atoms with Crippen molar-refractivity contribution in [1.29, 1.82) is 0 Å². The summed E-state index contributed by atoms with van der Waals surface area (Å²) in [4.78, 5) is 0. The third-order valence-electron chi connectivity index (χ3n) is 2.78. The zero-order chi connectivity index (χ0) is 12.3. The molecule has 0 aliphatic carbocycles. The normalized spacial score (nSPS) is 10.5. The van der Waals surface area contributed by atoms with Crippen LogP contribution in [0.25, 0.3) is 11.1 Å². The lowest BCUT2D eigenvalue weighted by atomic mass is 9.96. The molecule has 0 spiro atoms. The first-order chi connectivity index (χ1) is 8.24. The summed E-state index contributed by atoms with van der Waals surface area (Å²) < 4.78 is 27.0. The number of benzene rings is 2. The van der Waals surface area contributed by atoms with Crippen LogP contribution in [0.3, 0.4) is 0 Å². The van der Waals surface area contributed by atoms with Crippen LogP contribution in [0.15, 0.2) is 42.5 Å². The van der Waals surface area contributed by atoms with Crippen LogP contribution >= 0.6 is 0 Å². The van der Waals surface area contributed by atoms with Crippen molar-refractivity contribution >= 4 is 0 Å². The van der Waals surface area contributed by atoms with Crippen molar-refractivity contribution in [3.05, 3.63) is 59.7 Å². The SMILES string of the molecule is CCCc1c(-c2ccccc2)ccc(F)c1F. The average molecular weight is 232 g/mol. The summed E-state index contributed by atoms with van der Waals surface area (Å²) in [5.74, 6) is -1.48. The zero-order valence-corrected chi connectivity index (χ0v) is 9.71. The van der Waals surface area contributed by atoms with Crippen molar-refractivity contribution in [3.63, 3.8) is 0 Å². The molecule has 0 fully saturated rings. The lowest BCUT2D eigenvalue weighted by Gasteiger charge is -2.10. The maximum atomic E-state index is 13.8. The van der Waals surface area contributed by atoms with E-state index in [1.54, 1.807) is 6.07 Å². The maximum Gasteiger partial charge on any atom is 0.162 e. The van der Waals surface area contributed by atoms with Gasteiger partial charge < -0.3 is 0 Å². The summed E-state index contributed by atoms with van der Waals surface area (Å²) in [7, 11) is 0. The highest BCUT2D eigenvalue weighted by atomic mass is 19.2. The van der Waals surface area contributed by atoms with Crippen molar-refractivity contribution in [3.8, 4) is 11.1 Å². The minimum Gasteiger partial charge on any atom is -0.204 e. The van der Waals surface area contributed by atoms with Crippen molar-refractivity contribution in [2.45, 2.75) is 19.8 Å². The predicted octanol–water partition coefficient (Wildman–Crippen LogP) is 4.58. The molecule has 0 aliphatic rings. The second-order valence-corrected chi connectivity index (χ2v) is 4.00. The van der Waals surface area contributed by atoms with Crippen molar-refractivity contribution in [2.24, 2.45) is 0 Å². The largest absolute Gasteiger partial charge is 0.204 e. The van der Waals surface area contributed by atoms with Crippen LogP contribution in [0.2, 0.25) is 0 Å². The molecule has 0 radical (unpaired) electrons. The second-order valence-electron chi connectivity index (χ2n) is 4.00. The molecule has 0 amide bonds. The smallest absolute Gasteiger partial charge is 0.162 e. The van der Waals surface area contributed by atoms with Crippen LogP contribution in [-0.4, -0.2) is 0 Å². The fraction of sp³-hybridized carbons (Fsp3) is 0.200. The van der Waals surface area contributed by atoms with E-state index in [1.807, 2.05) is 37.3 Å². The van der Waals surface area contributed by atoms with Crippen LogP contribution in [0.5, 0.6) is 0 Å². The molecular weight excluding hydrogens is 218 g/mol. The maximum absolute atomic E-state index is 13.8. The van der Waals surface area contributed by atoms with Gasteiger partial charge in [-0.15, -0.1) is 0 Å². The van der Waals surface area contributed by atoms with Crippen molar-refractivity contribution in [2.75, 3.05) is 0 Å². The Morgan fingerprint density at radius 1 is 0.941 bits per heavy atom. The van der Waals surface area contributed by atoms with Crippen LogP contribution in [0, 0.1) is 11.6 Å². The molecule has 0 unspecified atom stereocenters. The highest BCUT2D eigenvalue weighted by molar-refractivity contribution is 5.67. The summed E-state index contributed by atoms with van der Waals surface area (Å²) >= 11 is 0. The van der Waals surface area contributed by atoms with E-state index in [0.717, 1.165) is 17.5 Å². The van der Waals surface area contributed by atoms with Gasteiger partial charge in [0.05, 0.1) is 0 Å². The Balaban J connectivity index is 2.58. The molecular formula is C15H14F2. The van der Waals surface area contributed by atoms with Crippen LogP contribution < -0.4 is 0 Å². The minimum absolute atomic E-state index is 0.471. The molecule has 2 aromatic rings. The molecule has 0 N–H and O–H groups in total. The van der Waals surface area contributed by atoms with Gasteiger partial charge in [0, 0.05) is 0 Å². The molecule has 88 valence electrons. The monoisotopic (exact) mass is 232 g/mol. The summed E-state index contributed by atoms with van der Waals surface area (Å²) in [5, 5.41) is 0.